The molecule has 0 aromatic rings. The van der Waals surface area contributed by atoms with E-state index in [0.29, 0.717) is 12.8 Å². The van der Waals surface area contributed by atoms with Gasteiger partial charge in [-0.2, -0.15) is 0 Å². The van der Waals surface area contributed by atoms with Crippen molar-refractivity contribution in [2.24, 2.45) is 0 Å². The molecular weight excluding hydrogens is 247 g/mol. The molecule has 1 atom stereocenters. The molecule has 0 spiro atoms. The summed E-state index contributed by atoms with van der Waals surface area (Å²) < 4.78 is 34.2. The zero-order valence-corrected chi connectivity index (χ0v) is 9.07. The van der Waals surface area contributed by atoms with Crippen molar-refractivity contribution in [1.29, 1.82) is 0 Å². The maximum atomic E-state index is 13.1. The van der Waals surface area contributed by atoms with E-state index in [4.69, 9.17) is 34.8 Å². The predicted octanol–water partition coefficient (Wildman–Crippen LogP) is 4.52. The van der Waals surface area contributed by atoms with Crippen LogP contribution in [0.15, 0.2) is 0 Å². The van der Waals surface area contributed by atoms with Gasteiger partial charge in [0.15, 0.2) is 0 Å². The average Bonchev–Trinajstić information content (AvgIpc) is 1.96. The van der Waals surface area contributed by atoms with E-state index in [9.17, 15) is 13.2 Å². The average molecular weight is 258 g/mol. The Hall–Kier alpha value is 0.660. The van der Waals surface area contributed by atoms with Crippen LogP contribution in [0, 0.1) is 0 Å². The quantitative estimate of drug-likeness (QED) is 0.485. The van der Waals surface area contributed by atoms with Gasteiger partial charge in [-0.15, -0.1) is 0 Å². The molecule has 0 rings (SSSR count). The van der Waals surface area contributed by atoms with Crippen LogP contribution in [0.25, 0.3) is 0 Å². The number of hydrogen-bond donors (Lipinski definition) is 0. The van der Waals surface area contributed by atoms with E-state index in [1.807, 2.05) is 0 Å². The summed E-state index contributed by atoms with van der Waals surface area (Å²) in [6, 6.07) is 0. The van der Waals surface area contributed by atoms with Gasteiger partial charge < -0.3 is 0 Å². The molecule has 0 N–H and O–H groups in total. The summed E-state index contributed by atoms with van der Waals surface area (Å²) in [6.07, 6.45) is 0.642. The van der Waals surface area contributed by atoms with Gasteiger partial charge in [0.1, 0.15) is 0 Å². The van der Waals surface area contributed by atoms with Crippen molar-refractivity contribution in [1.82, 2.24) is 0 Å². The molecule has 0 amide bonds. The highest BCUT2D eigenvalue weighted by Crippen LogP contribution is 2.44. The Morgan fingerprint density at radius 2 is 1.46 bits per heavy atom. The van der Waals surface area contributed by atoms with Crippen molar-refractivity contribution < 1.29 is 13.2 Å². The van der Waals surface area contributed by atoms with Crippen LogP contribution in [0.3, 0.4) is 0 Å². The lowest BCUT2D eigenvalue weighted by Gasteiger charge is -2.23. The van der Waals surface area contributed by atoms with Crippen LogP contribution in [0.4, 0.5) is 13.2 Å². The summed E-state index contributed by atoms with van der Waals surface area (Å²) >= 11 is 14.8. The minimum absolute atomic E-state index is 0.245. The Bertz CT molecular complexity index is 144. The van der Waals surface area contributed by atoms with Crippen LogP contribution in [-0.2, 0) is 0 Å². The lowest BCUT2D eigenvalue weighted by atomic mass is 10.1. The normalized spacial score (nSPS) is 17.1. The highest BCUT2D eigenvalue weighted by atomic mass is 35.5. The standard InChI is InChI=1S/C7H10Cl3F3/c8-6(12,7(9,10)13)4-2-1-3-5-11/h1-5H2. The molecule has 0 fully saturated rings. The molecule has 0 bridgehead atoms. The maximum Gasteiger partial charge on any atom is 0.305 e. The van der Waals surface area contributed by atoms with Crippen LogP contribution in [0.2, 0.25) is 0 Å². The van der Waals surface area contributed by atoms with E-state index in [1.165, 1.54) is 0 Å². The van der Waals surface area contributed by atoms with Gasteiger partial charge in [0.2, 0.25) is 5.13 Å². The Balaban J connectivity index is 3.77. The molecule has 13 heavy (non-hydrogen) atoms. The number of halogens is 6. The van der Waals surface area contributed by atoms with Crippen LogP contribution in [0.5, 0.6) is 0 Å². The van der Waals surface area contributed by atoms with E-state index >= 15 is 0 Å². The third kappa shape index (κ3) is 5.18. The predicted molar refractivity (Wildman–Crippen MR) is 49.7 cm³/mol. The molecule has 80 valence electrons. The van der Waals surface area contributed by atoms with E-state index in [0.717, 1.165) is 0 Å². The van der Waals surface area contributed by atoms with E-state index in [1.54, 1.807) is 0 Å². The molecule has 0 aromatic heterocycles. The molecule has 0 aliphatic carbocycles. The molecule has 1 unspecified atom stereocenters. The summed E-state index contributed by atoms with van der Waals surface area (Å²) in [7, 11) is 0. The second-order valence-electron chi connectivity index (χ2n) is 2.70. The number of hydrogen-bond acceptors (Lipinski definition) is 0. The lowest BCUT2D eigenvalue weighted by Crippen LogP contribution is -2.32. The Morgan fingerprint density at radius 1 is 0.923 bits per heavy atom. The van der Waals surface area contributed by atoms with Crippen LogP contribution < -0.4 is 0 Å². The molecule has 0 saturated carbocycles. The number of unbranched alkanes of at least 4 members (excludes halogenated alkanes) is 2. The lowest BCUT2D eigenvalue weighted by molar-refractivity contribution is 0.141. The summed E-state index contributed by atoms with van der Waals surface area (Å²) in [6.45, 7) is -0.482. The third-order valence-electron chi connectivity index (χ3n) is 1.54. The third-order valence-corrected chi connectivity index (χ3v) is 2.78. The molecule has 6 heteroatoms. The zero-order valence-electron chi connectivity index (χ0n) is 6.80. The second kappa shape index (κ2) is 5.52. The topological polar surface area (TPSA) is 0 Å². The Labute approximate surface area is 90.3 Å². The largest absolute Gasteiger partial charge is 0.305 e. The summed E-state index contributed by atoms with van der Waals surface area (Å²) in [5.41, 5.74) is 0. The number of rotatable bonds is 6. The minimum atomic E-state index is -3.11. The van der Waals surface area contributed by atoms with Gasteiger partial charge in [0.05, 0.1) is 6.67 Å². The minimum Gasteiger partial charge on any atom is -0.251 e. The fourth-order valence-corrected chi connectivity index (χ4v) is 1.08. The molecule has 0 aromatic carbocycles. The Morgan fingerprint density at radius 3 is 1.85 bits per heavy atom. The van der Waals surface area contributed by atoms with Gasteiger partial charge in [-0.3, -0.25) is 4.39 Å². The first kappa shape index (κ1) is 13.7. The first-order valence-corrected chi connectivity index (χ1v) is 4.95. The molecule has 0 nitrogen and oxygen atoms in total. The summed E-state index contributed by atoms with van der Waals surface area (Å²) in [5.74, 6) is 0. The van der Waals surface area contributed by atoms with Gasteiger partial charge in [-0.1, -0.05) is 41.2 Å². The highest BCUT2D eigenvalue weighted by Gasteiger charge is 2.49. The molecule has 0 heterocycles. The monoisotopic (exact) mass is 256 g/mol. The molecular formula is C7H10Cl3F3. The van der Waals surface area contributed by atoms with Gasteiger partial charge in [0.25, 0.3) is 0 Å². The summed E-state index contributed by atoms with van der Waals surface area (Å²) in [4.78, 5) is 0. The fraction of sp³-hybridized carbons (Fsp3) is 1.00. The molecule has 0 aliphatic rings. The summed E-state index contributed by atoms with van der Waals surface area (Å²) in [5, 5.41) is -2.80. The first-order valence-electron chi connectivity index (χ1n) is 3.82. The molecule has 0 saturated heterocycles. The van der Waals surface area contributed by atoms with Crippen molar-refractivity contribution in [3.63, 3.8) is 0 Å². The van der Waals surface area contributed by atoms with Crippen LogP contribution in [0.1, 0.15) is 25.7 Å². The van der Waals surface area contributed by atoms with Gasteiger partial charge in [0, 0.05) is 6.42 Å². The van der Waals surface area contributed by atoms with Crippen molar-refractivity contribution in [3.8, 4) is 0 Å². The SMILES string of the molecule is FCCCCCC(F)(Cl)C(F)(Cl)Cl. The van der Waals surface area contributed by atoms with Crippen molar-refractivity contribution in [2.45, 2.75) is 35.4 Å². The van der Waals surface area contributed by atoms with Crippen LogP contribution in [-0.4, -0.2) is 16.4 Å². The zero-order chi connectivity index (χ0) is 10.5. The fourth-order valence-electron chi connectivity index (χ4n) is 0.760. The van der Waals surface area contributed by atoms with Crippen molar-refractivity contribution in [2.75, 3.05) is 6.67 Å². The maximum absolute atomic E-state index is 13.1. The molecule has 0 radical (unpaired) electrons. The Kier molecular flexibility index (Phi) is 5.80. The smallest absolute Gasteiger partial charge is 0.251 e. The number of alkyl halides is 6. The van der Waals surface area contributed by atoms with E-state index in [2.05, 4.69) is 0 Å². The highest BCUT2D eigenvalue weighted by molar-refractivity contribution is 6.51. The van der Waals surface area contributed by atoms with Gasteiger partial charge in [-0.25, -0.2) is 8.78 Å². The van der Waals surface area contributed by atoms with Crippen molar-refractivity contribution in [3.05, 3.63) is 0 Å². The van der Waals surface area contributed by atoms with Gasteiger partial charge >= 0.3 is 4.59 Å². The first-order chi connectivity index (χ1) is 5.81. The second-order valence-corrected chi connectivity index (χ2v) is 4.54. The van der Waals surface area contributed by atoms with Crippen LogP contribution >= 0.6 is 34.8 Å². The van der Waals surface area contributed by atoms with E-state index < -0.39 is 16.4 Å². The molecule has 0 aliphatic heterocycles. The van der Waals surface area contributed by atoms with Crippen molar-refractivity contribution >= 4 is 34.8 Å². The van der Waals surface area contributed by atoms with Gasteiger partial charge in [-0.05, 0) is 12.8 Å². The van der Waals surface area contributed by atoms with E-state index in [-0.39, 0.29) is 12.8 Å².